The summed E-state index contributed by atoms with van der Waals surface area (Å²) in [6, 6.07) is 22.6. The van der Waals surface area contributed by atoms with Gasteiger partial charge in [0, 0.05) is 29.2 Å². The topological polar surface area (TPSA) is 93.5 Å². The number of aromatic nitrogens is 1. The quantitative estimate of drug-likeness (QED) is 0.456. The van der Waals surface area contributed by atoms with Crippen LogP contribution >= 0.6 is 0 Å². The molecule has 0 bridgehead atoms. The molecule has 7 nitrogen and oxygen atoms in total. The summed E-state index contributed by atoms with van der Waals surface area (Å²) in [4.78, 5) is 28.8. The van der Waals surface area contributed by atoms with Gasteiger partial charge in [-0.1, -0.05) is 12.1 Å². The fraction of sp³-hybridized carbons (Fsp3) is 0.0417. The molecule has 4 aromatic rings. The van der Waals surface area contributed by atoms with Gasteiger partial charge in [0.25, 0.3) is 11.8 Å². The molecule has 154 valence electrons. The van der Waals surface area contributed by atoms with Crippen molar-refractivity contribution < 1.29 is 18.7 Å². The summed E-state index contributed by atoms with van der Waals surface area (Å²) in [6.45, 7) is 0.337. The van der Waals surface area contributed by atoms with Crippen LogP contribution in [-0.4, -0.2) is 16.8 Å². The predicted molar refractivity (Wildman–Crippen MR) is 116 cm³/mol. The van der Waals surface area contributed by atoms with Crippen LogP contribution < -0.4 is 15.4 Å². The van der Waals surface area contributed by atoms with E-state index in [0.717, 1.165) is 5.69 Å². The van der Waals surface area contributed by atoms with Crippen LogP contribution in [0.5, 0.6) is 5.75 Å². The van der Waals surface area contributed by atoms with Gasteiger partial charge in [0.1, 0.15) is 12.4 Å². The molecule has 0 atom stereocenters. The zero-order valence-corrected chi connectivity index (χ0v) is 16.4. The predicted octanol–water partition coefficient (Wildman–Crippen LogP) is 4.76. The number of carbonyl (C=O) groups excluding carboxylic acids is 2. The molecule has 0 spiro atoms. The lowest BCUT2D eigenvalue weighted by Gasteiger charge is -2.10. The summed E-state index contributed by atoms with van der Waals surface area (Å²) < 4.78 is 10.8. The van der Waals surface area contributed by atoms with E-state index < -0.39 is 0 Å². The number of amides is 2. The van der Waals surface area contributed by atoms with Crippen LogP contribution in [0.4, 0.5) is 11.4 Å². The summed E-state index contributed by atoms with van der Waals surface area (Å²) in [5, 5.41) is 5.55. The SMILES string of the molecule is O=C(Nc1cccc(OCc2ccccn2)c1)c1ccc(NC(=O)c2ccco2)cc1. The zero-order chi connectivity index (χ0) is 21.5. The van der Waals surface area contributed by atoms with Gasteiger partial charge in [0.2, 0.25) is 0 Å². The Kier molecular flexibility index (Phi) is 6.04. The van der Waals surface area contributed by atoms with Crippen LogP contribution in [0.1, 0.15) is 26.6 Å². The number of ether oxygens (including phenoxy) is 1. The van der Waals surface area contributed by atoms with Gasteiger partial charge < -0.3 is 19.8 Å². The van der Waals surface area contributed by atoms with Crippen molar-refractivity contribution in [2.24, 2.45) is 0 Å². The third-order valence-electron chi connectivity index (χ3n) is 4.35. The van der Waals surface area contributed by atoms with Gasteiger partial charge in [-0.15, -0.1) is 0 Å². The Morgan fingerprint density at radius 2 is 1.68 bits per heavy atom. The highest BCUT2D eigenvalue weighted by Crippen LogP contribution is 2.20. The third-order valence-corrected chi connectivity index (χ3v) is 4.35. The molecule has 2 aromatic heterocycles. The van der Waals surface area contributed by atoms with E-state index in [1.165, 1.54) is 6.26 Å². The average molecular weight is 413 g/mol. The molecule has 2 amide bonds. The molecule has 2 heterocycles. The summed E-state index contributed by atoms with van der Waals surface area (Å²) >= 11 is 0. The molecule has 31 heavy (non-hydrogen) atoms. The summed E-state index contributed by atoms with van der Waals surface area (Å²) in [6.07, 6.45) is 3.14. The van der Waals surface area contributed by atoms with Crippen LogP contribution in [0.2, 0.25) is 0 Å². The Morgan fingerprint density at radius 3 is 2.42 bits per heavy atom. The number of nitrogens with one attached hydrogen (secondary N) is 2. The van der Waals surface area contributed by atoms with Gasteiger partial charge in [0.05, 0.1) is 12.0 Å². The van der Waals surface area contributed by atoms with Gasteiger partial charge in [-0.05, 0) is 60.7 Å². The highest BCUT2D eigenvalue weighted by Gasteiger charge is 2.10. The highest BCUT2D eigenvalue weighted by molar-refractivity contribution is 6.05. The first-order chi connectivity index (χ1) is 15.2. The molecule has 0 aliphatic rings. The standard InChI is InChI=1S/C24H19N3O4/c28-23(17-9-11-18(12-10-17)26-24(29)22-8-4-14-30-22)27-19-6-3-7-21(15-19)31-16-20-5-1-2-13-25-20/h1-15H,16H2,(H,26,29)(H,27,28). The van der Waals surface area contributed by atoms with E-state index >= 15 is 0 Å². The Morgan fingerprint density at radius 1 is 0.839 bits per heavy atom. The van der Waals surface area contributed by atoms with Crippen molar-refractivity contribution in [3.8, 4) is 5.75 Å². The Hall–Kier alpha value is -4.39. The van der Waals surface area contributed by atoms with E-state index in [1.54, 1.807) is 60.8 Å². The lowest BCUT2D eigenvalue weighted by Crippen LogP contribution is -2.13. The first kappa shape index (κ1) is 19.9. The maximum atomic E-state index is 12.6. The lowest BCUT2D eigenvalue weighted by molar-refractivity contribution is 0.0995. The van der Waals surface area contributed by atoms with Crippen molar-refractivity contribution in [1.29, 1.82) is 0 Å². The molecule has 0 saturated carbocycles. The molecule has 0 aliphatic heterocycles. The van der Waals surface area contributed by atoms with E-state index in [0.29, 0.717) is 29.3 Å². The number of nitrogens with zero attached hydrogens (tertiary/aromatic N) is 1. The first-order valence-corrected chi connectivity index (χ1v) is 9.56. The van der Waals surface area contributed by atoms with Gasteiger partial charge >= 0.3 is 0 Å². The maximum Gasteiger partial charge on any atom is 0.291 e. The fourth-order valence-corrected chi connectivity index (χ4v) is 2.81. The van der Waals surface area contributed by atoms with Crippen molar-refractivity contribution in [2.45, 2.75) is 6.61 Å². The number of benzene rings is 2. The monoisotopic (exact) mass is 413 g/mol. The molecule has 4 rings (SSSR count). The second kappa shape index (κ2) is 9.41. The van der Waals surface area contributed by atoms with E-state index in [4.69, 9.17) is 9.15 Å². The maximum absolute atomic E-state index is 12.6. The largest absolute Gasteiger partial charge is 0.487 e. The molecule has 0 fully saturated rings. The molecule has 0 aliphatic carbocycles. The molecule has 0 saturated heterocycles. The number of hydrogen-bond donors (Lipinski definition) is 2. The highest BCUT2D eigenvalue weighted by atomic mass is 16.5. The molecule has 0 unspecified atom stereocenters. The van der Waals surface area contributed by atoms with Gasteiger partial charge in [-0.25, -0.2) is 0 Å². The lowest BCUT2D eigenvalue weighted by atomic mass is 10.2. The van der Waals surface area contributed by atoms with E-state index in [2.05, 4.69) is 15.6 Å². The zero-order valence-electron chi connectivity index (χ0n) is 16.4. The summed E-state index contributed by atoms with van der Waals surface area (Å²) in [7, 11) is 0. The van der Waals surface area contributed by atoms with Crippen LogP contribution in [0.3, 0.4) is 0 Å². The average Bonchev–Trinajstić information content (AvgIpc) is 3.34. The molecule has 2 aromatic carbocycles. The van der Waals surface area contributed by atoms with Crippen molar-refractivity contribution in [3.05, 3.63) is 108 Å². The first-order valence-electron chi connectivity index (χ1n) is 9.56. The van der Waals surface area contributed by atoms with Crippen LogP contribution in [-0.2, 0) is 6.61 Å². The minimum Gasteiger partial charge on any atom is -0.487 e. The van der Waals surface area contributed by atoms with Crippen molar-refractivity contribution in [2.75, 3.05) is 10.6 Å². The van der Waals surface area contributed by atoms with Gasteiger partial charge in [-0.2, -0.15) is 0 Å². The molecule has 7 heteroatoms. The minimum absolute atomic E-state index is 0.215. The molecule has 2 N–H and O–H groups in total. The number of furan rings is 1. The molecular weight excluding hydrogens is 394 g/mol. The fourth-order valence-electron chi connectivity index (χ4n) is 2.81. The summed E-state index contributed by atoms with van der Waals surface area (Å²) in [5.41, 5.74) is 2.44. The van der Waals surface area contributed by atoms with Crippen molar-refractivity contribution in [1.82, 2.24) is 4.98 Å². The Bertz CT molecular complexity index is 1160. The van der Waals surface area contributed by atoms with Gasteiger partial charge in [0.15, 0.2) is 5.76 Å². The number of carbonyl (C=O) groups is 2. The summed E-state index contributed by atoms with van der Waals surface area (Å²) in [5.74, 6) is 0.210. The van der Waals surface area contributed by atoms with Crippen LogP contribution in [0.15, 0.2) is 95.7 Å². The van der Waals surface area contributed by atoms with Gasteiger partial charge in [-0.3, -0.25) is 14.6 Å². The number of rotatable bonds is 7. The van der Waals surface area contributed by atoms with Crippen LogP contribution in [0.25, 0.3) is 0 Å². The number of pyridine rings is 1. The second-order valence-electron chi connectivity index (χ2n) is 6.60. The molecule has 0 radical (unpaired) electrons. The van der Waals surface area contributed by atoms with Crippen molar-refractivity contribution >= 4 is 23.2 Å². The second-order valence-corrected chi connectivity index (χ2v) is 6.60. The van der Waals surface area contributed by atoms with E-state index in [1.807, 2.05) is 24.3 Å². The number of anilines is 2. The Labute approximate surface area is 178 Å². The van der Waals surface area contributed by atoms with E-state index in [-0.39, 0.29) is 17.6 Å². The Balaban J connectivity index is 1.35. The normalized spacial score (nSPS) is 10.3. The number of hydrogen-bond acceptors (Lipinski definition) is 5. The smallest absolute Gasteiger partial charge is 0.291 e. The minimum atomic E-state index is -0.357. The van der Waals surface area contributed by atoms with Crippen molar-refractivity contribution in [3.63, 3.8) is 0 Å². The third kappa shape index (κ3) is 5.36. The molecular formula is C24H19N3O4. The van der Waals surface area contributed by atoms with E-state index in [9.17, 15) is 9.59 Å². The van der Waals surface area contributed by atoms with Crippen LogP contribution in [0, 0.1) is 0 Å².